The normalized spacial score (nSPS) is 10.5. The van der Waals surface area contributed by atoms with Crippen LogP contribution in [-0.4, -0.2) is 11.4 Å². The van der Waals surface area contributed by atoms with Gasteiger partial charge in [-0.05, 0) is 19.1 Å². The Kier molecular flexibility index (Phi) is 1.59. The van der Waals surface area contributed by atoms with E-state index >= 15 is 0 Å². The van der Waals surface area contributed by atoms with Crippen molar-refractivity contribution < 1.29 is 14.3 Å². The van der Waals surface area contributed by atoms with Gasteiger partial charge in [-0.25, -0.2) is 0 Å². The van der Waals surface area contributed by atoms with Gasteiger partial charge < -0.3 is 9.52 Å². The number of aryl methyl sites for hydroxylation is 1. The van der Waals surface area contributed by atoms with Crippen LogP contribution < -0.4 is 0 Å². The Balaban J connectivity index is 2.83. The Morgan fingerprint density at radius 2 is 2.23 bits per heavy atom. The second kappa shape index (κ2) is 2.62. The summed E-state index contributed by atoms with van der Waals surface area (Å²) in [6.45, 7) is 1.81. The number of carbonyl (C=O) groups is 1. The summed E-state index contributed by atoms with van der Waals surface area (Å²) in [5, 5.41) is 10.0. The van der Waals surface area contributed by atoms with Gasteiger partial charge in [0, 0.05) is 17.0 Å². The van der Waals surface area contributed by atoms with Crippen LogP contribution in [0.2, 0.25) is 0 Å². The summed E-state index contributed by atoms with van der Waals surface area (Å²) in [4.78, 5) is 10.5. The van der Waals surface area contributed by atoms with E-state index in [0.717, 1.165) is 10.9 Å². The number of benzene rings is 1. The molecule has 3 heteroatoms. The van der Waals surface area contributed by atoms with E-state index in [9.17, 15) is 4.79 Å². The molecular formula is C10H8O3. The molecule has 0 atom stereocenters. The Morgan fingerprint density at radius 1 is 1.46 bits per heavy atom. The van der Waals surface area contributed by atoms with Crippen LogP contribution in [0.5, 0.6) is 5.75 Å². The van der Waals surface area contributed by atoms with Crippen LogP contribution in [0.1, 0.15) is 16.1 Å². The molecule has 0 bridgehead atoms. The minimum atomic E-state index is 0.138. The Bertz CT molecular complexity index is 468. The summed E-state index contributed by atoms with van der Waals surface area (Å²) in [6.07, 6.45) is 0.673. The fraction of sp³-hybridized carbons (Fsp3) is 0.100. The molecule has 2 rings (SSSR count). The summed E-state index contributed by atoms with van der Waals surface area (Å²) in [6, 6.07) is 4.80. The highest BCUT2D eigenvalue weighted by Gasteiger charge is 2.09. The number of phenols is 1. The van der Waals surface area contributed by atoms with Crippen LogP contribution >= 0.6 is 0 Å². The van der Waals surface area contributed by atoms with Crippen molar-refractivity contribution in [2.24, 2.45) is 0 Å². The van der Waals surface area contributed by atoms with E-state index in [1.165, 1.54) is 6.07 Å². The molecule has 1 heterocycles. The lowest BCUT2D eigenvalue weighted by molar-refractivity contribution is 0.110. The van der Waals surface area contributed by atoms with Crippen molar-refractivity contribution >= 4 is 17.3 Å². The smallest absolute Gasteiger partial charge is 0.185 e. The van der Waals surface area contributed by atoms with Gasteiger partial charge in [0.25, 0.3) is 0 Å². The van der Waals surface area contributed by atoms with E-state index in [2.05, 4.69) is 0 Å². The zero-order valence-electron chi connectivity index (χ0n) is 7.07. The summed E-state index contributed by atoms with van der Waals surface area (Å²) in [5.74, 6) is 0.458. The maximum atomic E-state index is 10.5. The number of hydrogen-bond donors (Lipinski definition) is 1. The molecular weight excluding hydrogens is 168 g/mol. The van der Waals surface area contributed by atoms with Crippen LogP contribution in [0, 0.1) is 6.92 Å². The fourth-order valence-electron chi connectivity index (χ4n) is 1.35. The van der Waals surface area contributed by atoms with Crippen molar-refractivity contribution in [3.8, 4) is 5.75 Å². The highest BCUT2D eigenvalue weighted by atomic mass is 16.3. The van der Waals surface area contributed by atoms with E-state index in [1.807, 2.05) is 6.92 Å². The first-order valence-electron chi connectivity index (χ1n) is 3.89. The number of aldehydes is 1. The molecule has 2 aromatic rings. The maximum absolute atomic E-state index is 10.5. The van der Waals surface area contributed by atoms with E-state index in [4.69, 9.17) is 9.52 Å². The van der Waals surface area contributed by atoms with Crippen molar-refractivity contribution in [3.63, 3.8) is 0 Å². The Labute approximate surface area is 74.6 Å². The molecule has 0 fully saturated rings. The van der Waals surface area contributed by atoms with Crippen molar-refractivity contribution in [3.05, 3.63) is 29.5 Å². The first kappa shape index (κ1) is 7.86. The number of rotatable bonds is 1. The van der Waals surface area contributed by atoms with Crippen molar-refractivity contribution in [1.82, 2.24) is 0 Å². The van der Waals surface area contributed by atoms with Crippen molar-refractivity contribution in [2.75, 3.05) is 0 Å². The molecule has 0 saturated carbocycles. The first-order valence-corrected chi connectivity index (χ1v) is 3.89. The lowest BCUT2D eigenvalue weighted by atomic mass is 10.1. The van der Waals surface area contributed by atoms with E-state index in [-0.39, 0.29) is 5.75 Å². The molecule has 0 spiro atoms. The molecule has 0 unspecified atom stereocenters. The molecule has 13 heavy (non-hydrogen) atoms. The molecule has 0 aliphatic rings. The number of carbonyl (C=O) groups excluding carboxylic acids is 1. The molecule has 1 N–H and O–H groups in total. The van der Waals surface area contributed by atoms with Gasteiger partial charge in [-0.15, -0.1) is 0 Å². The average molecular weight is 176 g/mol. The highest BCUT2D eigenvalue weighted by Crippen LogP contribution is 2.26. The minimum absolute atomic E-state index is 0.138. The third-order valence-corrected chi connectivity index (χ3v) is 2.07. The SMILES string of the molecule is Cc1c(C=O)oc2cc(O)ccc12. The monoisotopic (exact) mass is 176 g/mol. The van der Waals surface area contributed by atoms with E-state index < -0.39 is 0 Å². The second-order valence-electron chi connectivity index (χ2n) is 2.89. The number of fused-ring (bicyclic) bond motifs is 1. The zero-order valence-corrected chi connectivity index (χ0v) is 7.07. The van der Waals surface area contributed by atoms with Gasteiger partial charge in [-0.1, -0.05) is 0 Å². The second-order valence-corrected chi connectivity index (χ2v) is 2.89. The molecule has 0 radical (unpaired) electrons. The zero-order chi connectivity index (χ0) is 9.42. The molecule has 1 aromatic carbocycles. The van der Waals surface area contributed by atoms with Gasteiger partial charge in [0.1, 0.15) is 11.3 Å². The van der Waals surface area contributed by atoms with E-state index in [1.54, 1.807) is 12.1 Å². The van der Waals surface area contributed by atoms with Crippen LogP contribution in [0.25, 0.3) is 11.0 Å². The van der Waals surface area contributed by atoms with Gasteiger partial charge in [-0.2, -0.15) is 0 Å². The summed E-state index contributed by atoms with van der Waals surface area (Å²) in [7, 11) is 0. The number of phenolic OH excluding ortho intramolecular Hbond substituents is 1. The van der Waals surface area contributed by atoms with Gasteiger partial charge in [0.15, 0.2) is 12.0 Å². The van der Waals surface area contributed by atoms with E-state index in [0.29, 0.717) is 17.6 Å². The first-order chi connectivity index (χ1) is 6.22. The largest absolute Gasteiger partial charge is 0.508 e. The number of hydrogen-bond acceptors (Lipinski definition) is 3. The lowest BCUT2D eigenvalue weighted by Gasteiger charge is -1.90. The minimum Gasteiger partial charge on any atom is -0.508 e. The van der Waals surface area contributed by atoms with Gasteiger partial charge in [0.05, 0.1) is 0 Å². The van der Waals surface area contributed by atoms with Crippen molar-refractivity contribution in [2.45, 2.75) is 6.92 Å². The quantitative estimate of drug-likeness (QED) is 0.678. The maximum Gasteiger partial charge on any atom is 0.185 e. The molecule has 1 aromatic heterocycles. The van der Waals surface area contributed by atoms with Crippen LogP contribution in [-0.2, 0) is 0 Å². The van der Waals surface area contributed by atoms with Crippen LogP contribution in [0.15, 0.2) is 22.6 Å². The number of aromatic hydroxyl groups is 1. The van der Waals surface area contributed by atoms with Crippen molar-refractivity contribution in [1.29, 1.82) is 0 Å². The molecule has 0 amide bonds. The van der Waals surface area contributed by atoms with Gasteiger partial charge in [-0.3, -0.25) is 4.79 Å². The standard InChI is InChI=1S/C10H8O3/c1-6-8-3-2-7(12)4-9(8)13-10(6)5-11/h2-5,12H,1H3. The highest BCUT2D eigenvalue weighted by molar-refractivity contribution is 5.89. The third-order valence-electron chi connectivity index (χ3n) is 2.07. The summed E-state index contributed by atoms with van der Waals surface area (Å²) >= 11 is 0. The average Bonchev–Trinajstić information content (AvgIpc) is 2.42. The van der Waals surface area contributed by atoms with Crippen LogP contribution in [0.3, 0.4) is 0 Å². The Morgan fingerprint density at radius 3 is 2.92 bits per heavy atom. The number of furan rings is 1. The molecule has 66 valence electrons. The van der Waals surface area contributed by atoms with Gasteiger partial charge >= 0.3 is 0 Å². The molecule has 0 saturated heterocycles. The summed E-state index contributed by atoms with van der Waals surface area (Å²) < 4.78 is 5.20. The predicted molar refractivity (Wildman–Crippen MR) is 48.0 cm³/mol. The lowest BCUT2D eigenvalue weighted by Crippen LogP contribution is -1.76. The topological polar surface area (TPSA) is 50.4 Å². The van der Waals surface area contributed by atoms with Gasteiger partial charge in [0.2, 0.25) is 0 Å². The Hall–Kier alpha value is -1.77. The fourth-order valence-corrected chi connectivity index (χ4v) is 1.35. The van der Waals surface area contributed by atoms with Crippen LogP contribution in [0.4, 0.5) is 0 Å². The molecule has 3 nitrogen and oxygen atoms in total. The third kappa shape index (κ3) is 1.09. The predicted octanol–water partition coefficient (Wildman–Crippen LogP) is 2.26. The molecule has 0 aliphatic carbocycles. The molecule has 0 aliphatic heterocycles. The summed E-state index contributed by atoms with van der Waals surface area (Å²) in [5.41, 5.74) is 1.35.